The molecular weight excluding hydrogens is 284 g/mol. The first-order valence-electron chi connectivity index (χ1n) is 4.55. The van der Waals surface area contributed by atoms with Crippen LogP contribution in [-0.2, 0) is 14.8 Å². The average molecular weight is 293 g/mol. The molecule has 0 heterocycles. The van der Waals surface area contributed by atoms with Crippen molar-refractivity contribution in [3.63, 3.8) is 0 Å². The van der Waals surface area contributed by atoms with Crippen LogP contribution < -0.4 is 10.5 Å². The third-order valence-electron chi connectivity index (χ3n) is 1.90. The maximum absolute atomic E-state index is 11.7. The van der Waals surface area contributed by atoms with Crippen molar-refractivity contribution in [2.45, 2.75) is 4.90 Å². The predicted molar refractivity (Wildman–Crippen MR) is 62.8 cm³/mol. The van der Waals surface area contributed by atoms with Crippen molar-refractivity contribution in [1.82, 2.24) is 4.72 Å². The topological polar surface area (TPSA) is 127 Å². The highest BCUT2D eigenvalue weighted by atomic mass is 35.5. The second-order valence-electron chi connectivity index (χ2n) is 3.24. The SMILES string of the molecule is NC(=O)CNS(=O)(=O)c1cc(C(=O)O)ccc1Cl. The minimum Gasteiger partial charge on any atom is -0.478 e. The van der Waals surface area contributed by atoms with Crippen LogP contribution in [0.1, 0.15) is 10.4 Å². The number of halogens is 1. The molecule has 18 heavy (non-hydrogen) atoms. The second kappa shape index (κ2) is 5.34. The molecule has 0 spiro atoms. The van der Waals surface area contributed by atoms with E-state index in [1.54, 1.807) is 0 Å². The van der Waals surface area contributed by atoms with Gasteiger partial charge in [0.25, 0.3) is 0 Å². The summed E-state index contributed by atoms with van der Waals surface area (Å²) in [4.78, 5) is 20.8. The third kappa shape index (κ3) is 3.42. The number of carboxylic acids is 1. The zero-order chi connectivity index (χ0) is 13.9. The largest absolute Gasteiger partial charge is 0.478 e. The van der Waals surface area contributed by atoms with Gasteiger partial charge in [-0.25, -0.2) is 17.9 Å². The maximum atomic E-state index is 11.7. The number of aromatic carboxylic acids is 1. The number of primary amides is 1. The molecule has 0 aliphatic heterocycles. The molecule has 0 atom stereocenters. The summed E-state index contributed by atoms with van der Waals surface area (Å²) in [6.45, 7) is -0.601. The number of carbonyl (C=O) groups excluding carboxylic acids is 1. The van der Waals surface area contributed by atoms with Crippen LogP contribution in [0.3, 0.4) is 0 Å². The first kappa shape index (κ1) is 14.4. The van der Waals surface area contributed by atoms with Crippen LogP contribution >= 0.6 is 11.6 Å². The molecule has 0 aromatic heterocycles. The quantitative estimate of drug-likeness (QED) is 0.693. The van der Waals surface area contributed by atoms with Gasteiger partial charge in [-0.05, 0) is 18.2 Å². The van der Waals surface area contributed by atoms with E-state index in [2.05, 4.69) is 0 Å². The van der Waals surface area contributed by atoms with Crippen molar-refractivity contribution in [3.05, 3.63) is 28.8 Å². The highest BCUT2D eigenvalue weighted by Crippen LogP contribution is 2.22. The van der Waals surface area contributed by atoms with Crippen LogP contribution in [-0.4, -0.2) is 31.9 Å². The van der Waals surface area contributed by atoms with E-state index in [1.165, 1.54) is 0 Å². The van der Waals surface area contributed by atoms with Gasteiger partial charge in [-0.15, -0.1) is 0 Å². The van der Waals surface area contributed by atoms with Crippen LogP contribution in [0.5, 0.6) is 0 Å². The third-order valence-corrected chi connectivity index (χ3v) is 3.79. The summed E-state index contributed by atoms with van der Waals surface area (Å²) in [6.07, 6.45) is 0. The number of nitrogens with two attached hydrogens (primary N) is 1. The number of benzene rings is 1. The number of hydrogen-bond donors (Lipinski definition) is 3. The summed E-state index contributed by atoms with van der Waals surface area (Å²) in [6, 6.07) is 3.20. The lowest BCUT2D eigenvalue weighted by molar-refractivity contribution is -0.116. The minimum atomic E-state index is -4.09. The highest BCUT2D eigenvalue weighted by molar-refractivity contribution is 7.89. The number of sulfonamides is 1. The second-order valence-corrected chi connectivity index (χ2v) is 5.38. The first-order valence-corrected chi connectivity index (χ1v) is 6.41. The number of amides is 1. The molecule has 0 saturated heterocycles. The molecule has 1 amide bonds. The van der Waals surface area contributed by atoms with E-state index in [0.717, 1.165) is 18.2 Å². The van der Waals surface area contributed by atoms with E-state index in [9.17, 15) is 18.0 Å². The van der Waals surface area contributed by atoms with Gasteiger partial charge < -0.3 is 10.8 Å². The van der Waals surface area contributed by atoms with Crippen LogP contribution in [0.4, 0.5) is 0 Å². The summed E-state index contributed by atoms with van der Waals surface area (Å²) >= 11 is 5.67. The fourth-order valence-electron chi connectivity index (χ4n) is 1.09. The number of hydrogen-bond acceptors (Lipinski definition) is 4. The Bertz CT molecular complexity index is 599. The van der Waals surface area contributed by atoms with Crippen molar-refractivity contribution < 1.29 is 23.1 Å². The Balaban J connectivity index is 3.18. The molecule has 1 aromatic carbocycles. The van der Waals surface area contributed by atoms with Crippen LogP contribution in [0, 0.1) is 0 Å². The molecular formula is C9H9ClN2O5S. The lowest BCUT2D eigenvalue weighted by atomic mass is 10.2. The summed E-state index contributed by atoms with van der Waals surface area (Å²) < 4.78 is 25.4. The fraction of sp³-hybridized carbons (Fsp3) is 0.111. The van der Waals surface area contributed by atoms with E-state index in [0.29, 0.717) is 0 Å². The van der Waals surface area contributed by atoms with Crippen LogP contribution in [0.2, 0.25) is 5.02 Å². The van der Waals surface area contributed by atoms with Crippen LogP contribution in [0.25, 0.3) is 0 Å². The Kier molecular flexibility index (Phi) is 4.28. The molecule has 0 bridgehead atoms. The molecule has 0 radical (unpaired) electrons. The van der Waals surface area contributed by atoms with Gasteiger partial charge in [-0.2, -0.15) is 0 Å². The molecule has 0 aliphatic carbocycles. The van der Waals surface area contributed by atoms with Crippen molar-refractivity contribution >= 4 is 33.5 Å². The fourth-order valence-corrected chi connectivity index (χ4v) is 2.60. The highest BCUT2D eigenvalue weighted by Gasteiger charge is 2.20. The van der Waals surface area contributed by atoms with Crippen molar-refractivity contribution in [1.29, 1.82) is 0 Å². The molecule has 0 fully saturated rings. The van der Waals surface area contributed by atoms with Gasteiger partial charge in [0.15, 0.2) is 0 Å². The van der Waals surface area contributed by atoms with Crippen LogP contribution in [0.15, 0.2) is 23.1 Å². The van der Waals surface area contributed by atoms with E-state index < -0.39 is 33.3 Å². The summed E-state index contributed by atoms with van der Waals surface area (Å²) in [7, 11) is -4.09. The Morgan fingerprint density at radius 3 is 2.50 bits per heavy atom. The minimum absolute atomic E-state index is 0.156. The van der Waals surface area contributed by atoms with Crippen molar-refractivity contribution in [2.24, 2.45) is 5.73 Å². The molecule has 98 valence electrons. The number of carboxylic acid groups (broad SMARTS) is 1. The normalized spacial score (nSPS) is 11.2. The zero-order valence-corrected chi connectivity index (χ0v) is 10.5. The van der Waals surface area contributed by atoms with Gasteiger partial charge >= 0.3 is 5.97 Å². The summed E-state index contributed by atoms with van der Waals surface area (Å²) in [5.41, 5.74) is 4.56. The lowest BCUT2D eigenvalue weighted by Crippen LogP contribution is -2.33. The lowest BCUT2D eigenvalue weighted by Gasteiger charge is -2.07. The van der Waals surface area contributed by atoms with Gasteiger partial charge in [0, 0.05) is 0 Å². The van der Waals surface area contributed by atoms with E-state index in [1.807, 2.05) is 4.72 Å². The van der Waals surface area contributed by atoms with E-state index in [4.69, 9.17) is 22.4 Å². The molecule has 7 nitrogen and oxygen atoms in total. The van der Waals surface area contributed by atoms with Gasteiger partial charge in [0.1, 0.15) is 4.90 Å². The predicted octanol–water partition coefficient (Wildman–Crippen LogP) is -0.198. The Hall–Kier alpha value is -1.64. The molecule has 1 rings (SSSR count). The molecule has 0 unspecified atom stereocenters. The van der Waals surface area contributed by atoms with Crippen molar-refractivity contribution in [3.8, 4) is 0 Å². The number of rotatable bonds is 5. The maximum Gasteiger partial charge on any atom is 0.335 e. The average Bonchev–Trinajstić information content (AvgIpc) is 2.26. The summed E-state index contributed by atoms with van der Waals surface area (Å²) in [5.74, 6) is -2.16. The molecule has 0 saturated carbocycles. The van der Waals surface area contributed by atoms with Gasteiger partial charge in [-0.1, -0.05) is 11.6 Å². The van der Waals surface area contributed by atoms with Gasteiger partial charge in [0.2, 0.25) is 15.9 Å². The van der Waals surface area contributed by atoms with Crippen molar-refractivity contribution in [2.75, 3.05) is 6.54 Å². The monoisotopic (exact) mass is 292 g/mol. The number of nitrogens with one attached hydrogen (secondary N) is 1. The number of carbonyl (C=O) groups is 2. The first-order chi connectivity index (χ1) is 8.24. The standard InChI is InChI=1S/C9H9ClN2O5S/c10-6-2-1-5(9(14)15)3-7(6)18(16,17)12-4-8(11)13/h1-3,12H,4H2,(H2,11,13)(H,14,15). The molecule has 1 aromatic rings. The molecule has 4 N–H and O–H groups in total. The van der Waals surface area contributed by atoms with Gasteiger partial charge in [0.05, 0.1) is 17.1 Å². The van der Waals surface area contributed by atoms with E-state index in [-0.39, 0.29) is 10.6 Å². The Morgan fingerprint density at radius 1 is 1.39 bits per heavy atom. The molecule has 9 heteroatoms. The zero-order valence-electron chi connectivity index (χ0n) is 8.88. The Morgan fingerprint density at radius 2 is 2.00 bits per heavy atom. The Labute approximate surface area is 108 Å². The molecule has 0 aliphatic rings. The summed E-state index contributed by atoms with van der Waals surface area (Å²) in [5, 5.41) is 8.60. The van der Waals surface area contributed by atoms with E-state index >= 15 is 0 Å². The van der Waals surface area contributed by atoms with Gasteiger partial charge in [-0.3, -0.25) is 4.79 Å². The smallest absolute Gasteiger partial charge is 0.335 e.